The van der Waals surface area contributed by atoms with Gasteiger partial charge in [0.2, 0.25) is 0 Å². The molecule has 0 unspecified atom stereocenters. The van der Waals surface area contributed by atoms with Crippen molar-refractivity contribution in [1.82, 2.24) is 0 Å². The summed E-state index contributed by atoms with van der Waals surface area (Å²) in [6.45, 7) is 8.29. The van der Waals surface area contributed by atoms with Crippen molar-refractivity contribution in [2.75, 3.05) is 6.61 Å². The molecule has 0 aliphatic rings. The third kappa shape index (κ3) is 8.11. The maximum absolute atomic E-state index is 10.5. The second-order valence-electron chi connectivity index (χ2n) is 4.01. The van der Waals surface area contributed by atoms with E-state index in [-0.39, 0.29) is 32.9 Å². The van der Waals surface area contributed by atoms with E-state index in [9.17, 15) is 4.79 Å². The minimum Gasteiger partial charge on any atom is -0.493 e. The van der Waals surface area contributed by atoms with Gasteiger partial charge in [-0.05, 0) is 23.6 Å². The van der Waals surface area contributed by atoms with E-state index >= 15 is 0 Å². The normalized spacial score (nSPS) is 9.06. The Balaban J connectivity index is 0. The van der Waals surface area contributed by atoms with Gasteiger partial charge in [0.15, 0.2) is 5.97 Å². The predicted octanol–water partition coefficient (Wildman–Crippen LogP) is 0.0530. The molecule has 1 aromatic rings. The predicted molar refractivity (Wildman–Crippen MR) is 68.3 cm³/mol. The number of ether oxygens (including phenoxy) is 2. The van der Waals surface area contributed by atoms with Gasteiger partial charge < -0.3 is 16.9 Å². The van der Waals surface area contributed by atoms with E-state index in [0.717, 1.165) is 11.3 Å². The zero-order valence-corrected chi connectivity index (χ0v) is 11.7. The second kappa shape index (κ2) is 9.93. The van der Waals surface area contributed by atoms with Crippen LogP contribution in [0.3, 0.4) is 0 Å². The molecule has 4 heteroatoms. The number of esters is 1. The van der Waals surface area contributed by atoms with Crippen LogP contribution >= 0.6 is 0 Å². The largest absolute Gasteiger partial charge is 1.00 e. The van der Waals surface area contributed by atoms with Gasteiger partial charge >= 0.3 is 18.9 Å². The Morgan fingerprint density at radius 1 is 1.28 bits per heavy atom. The Labute approximate surface area is 122 Å². The number of hydrogen-bond donors (Lipinski definition) is 0. The summed E-state index contributed by atoms with van der Waals surface area (Å²) in [6, 6.07) is 7.49. The van der Waals surface area contributed by atoms with Gasteiger partial charge in [0.25, 0.3) is 0 Å². The number of carbonyl (C=O) groups is 1. The molecule has 18 heavy (non-hydrogen) atoms. The zero-order chi connectivity index (χ0) is 12.0. The van der Waals surface area contributed by atoms with Crippen molar-refractivity contribution < 1.29 is 33.1 Å². The smallest absolute Gasteiger partial charge is 0.493 e. The van der Waals surface area contributed by atoms with E-state index < -0.39 is 5.97 Å². The summed E-state index contributed by atoms with van der Waals surface area (Å²) >= 11 is 0. The third-order valence-electron chi connectivity index (χ3n) is 1.91. The molecule has 0 atom stereocenters. The summed E-state index contributed by atoms with van der Waals surface area (Å²) < 4.78 is 10.3. The fourth-order valence-corrected chi connectivity index (χ4v) is 1.11. The molecular formula is C14H20LiO3-. The monoisotopic (exact) mass is 243 g/mol. The average molecular weight is 243 g/mol. The Bertz CT molecular complexity index is 333. The van der Waals surface area contributed by atoms with Crippen molar-refractivity contribution in [3.05, 3.63) is 44.2 Å². The van der Waals surface area contributed by atoms with Crippen LogP contribution in [0.25, 0.3) is 0 Å². The SMILES string of the molecule is [CH2-]C(=O)OCc1ccc(OCC(C)C)cc1.[CH3-].[Li+]. The molecule has 0 spiro atoms. The van der Waals surface area contributed by atoms with E-state index in [1.807, 2.05) is 24.3 Å². The van der Waals surface area contributed by atoms with Crippen molar-refractivity contribution in [2.45, 2.75) is 20.5 Å². The van der Waals surface area contributed by atoms with Gasteiger partial charge in [0, 0.05) is 0 Å². The first-order valence-corrected chi connectivity index (χ1v) is 5.28. The molecule has 0 radical (unpaired) electrons. The first kappa shape index (κ1) is 19.3. The molecular weight excluding hydrogens is 223 g/mol. The molecule has 0 N–H and O–H groups in total. The van der Waals surface area contributed by atoms with E-state index in [0.29, 0.717) is 12.5 Å². The van der Waals surface area contributed by atoms with Crippen molar-refractivity contribution >= 4 is 5.97 Å². The first-order valence-electron chi connectivity index (χ1n) is 5.28. The summed E-state index contributed by atoms with van der Waals surface area (Å²) in [6.07, 6.45) is 0. The molecule has 0 fully saturated rings. The van der Waals surface area contributed by atoms with E-state index in [2.05, 4.69) is 20.8 Å². The van der Waals surface area contributed by atoms with E-state index in [1.54, 1.807) is 0 Å². The Kier molecular flexibility index (Phi) is 10.7. The Morgan fingerprint density at radius 3 is 2.28 bits per heavy atom. The Hall–Kier alpha value is -1.04. The van der Waals surface area contributed by atoms with Gasteiger partial charge in [-0.15, -0.1) is 0 Å². The summed E-state index contributed by atoms with van der Waals surface area (Å²) in [5.41, 5.74) is 0.925. The average Bonchev–Trinajstić information content (AvgIpc) is 2.25. The number of benzene rings is 1. The fourth-order valence-electron chi connectivity index (χ4n) is 1.11. The van der Waals surface area contributed by atoms with Crippen LogP contribution in [-0.4, -0.2) is 12.6 Å². The molecule has 0 saturated heterocycles. The van der Waals surface area contributed by atoms with Gasteiger partial charge in [0.1, 0.15) is 12.4 Å². The molecule has 0 aliphatic heterocycles. The standard InChI is InChI=1S/C13H17O3.CH3.Li/c1-10(2)8-16-13-6-4-12(5-7-13)9-15-11(3)14;;/h4-7,10H,3,8-9H2,1-2H3;1H3;/q2*-1;+1. The molecule has 1 rings (SSSR count). The van der Waals surface area contributed by atoms with Crippen molar-refractivity contribution in [3.63, 3.8) is 0 Å². The molecule has 3 nitrogen and oxygen atoms in total. The van der Waals surface area contributed by atoms with Crippen molar-refractivity contribution in [2.24, 2.45) is 5.92 Å². The van der Waals surface area contributed by atoms with E-state index in [4.69, 9.17) is 9.47 Å². The van der Waals surface area contributed by atoms with Crippen LogP contribution in [0.15, 0.2) is 24.3 Å². The minimum absolute atomic E-state index is 0. The van der Waals surface area contributed by atoms with Crippen LogP contribution in [-0.2, 0) is 16.1 Å². The number of rotatable bonds is 5. The van der Waals surface area contributed by atoms with E-state index in [1.165, 1.54) is 0 Å². The molecule has 0 heterocycles. The maximum atomic E-state index is 10.5. The molecule has 0 aromatic heterocycles. The summed E-state index contributed by atoms with van der Waals surface area (Å²) in [5.74, 6) is 0.824. The van der Waals surface area contributed by atoms with Gasteiger partial charge in [0.05, 0.1) is 6.61 Å². The van der Waals surface area contributed by atoms with Crippen LogP contribution in [0.4, 0.5) is 0 Å². The number of carbonyl (C=O) groups excluding carboxylic acids is 1. The Morgan fingerprint density at radius 2 is 1.83 bits per heavy atom. The molecule has 0 amide bonds. The maximum Gasteiger partial charge on any atom is 1.00 e. The topological polar surface area (TPSA) is 35.5 Å². The summed E-state index contributed by atoms with van der Waals surface area (Å²) in [4.78, 5) is 10.5. The third-order valence-corrected chi connectivity index (χ3v) is 1.91. The molecule has 1 aromatic carbocycles. The second-order valence-corrected chi connectivity index (χ2v) is 4.01. The molecule has 96 valence electrons. The van der Waals surface area contributed by atoms with Crippen molar-refractivity contribution in [1.29, 1.82) is 0 Å². The van der Waals surface area contributed by atoms with Crippen molar-refractivity contribution in [3.8, 4) is 5.75 Å². The van der Waals surface area contributed by atoms with Crippen LogP contribution in [0.5, 0.6) is 5.75 Å². The summed E-state index contributed by atoms with van der Waals surface area (Å²) in [7, 11) is 0. The van der Waals surface area contributed by atoms with Crippen LogP contribution < -0.4 is 23.6 Å². The number of hydrogen-bond acceptors (Lipinski definition) is 3. The van der Waals surface area contributed by atoms with Gasteiger partial charge in [-0.25, -0.2) is 0 Å². The first-order chi connectivity index (χ1) is 7.58. The molecule has 0 aliphatic carbocycles. The summed E-state index contributed by atoms with van der Waals surface area (Å²) in [5, 5.41) is 0. The molecule has 0 saturated carbocycles. The van der Waals surface area contributed by atoms with Crippen LogP contribution in [0.1, 0.15) is 19.4 Å². The van der Waals surface area contributed by atoms with Crippen LogP contribution in [0, 0.1) is 20.3 Å². The van der Waals surface area contributed by atoms with Gasteiger partial charge in [-0.1, -0.05) is 26.0 Å². The van der Waals surface area contributed by atoms with Gasteiger partial charge in [-0.2, -0.15) is 0 Å². The fraction of sp³-hybridized carbons (Fsp3) is 0.357. The minimum atomic E-state index is -0.514. The molecule has 0 bridgehead atoms. The zero-order valence-electron chi connectivity index (χ0n) is 11.7. The quantitative estimate of drug-likeness (QED) is 0.416. The van der Waals surface area contributed by atoms with Crippen LogP contribution in [0.2, 0.25) is 0 Å². The van der Waals surface area contributed by atoms with Gasteiger partial charge in [-0.3, -0.25) is 11.7 Å².